The van der Waals surface area contributed by atoms with Gasteiger partial charge in [-0.3, -0.25) is 9.78 Å². The molecule has 1 saturated heterocycles. The highest BCUT2D eigenvalue weighted by Crippen LogP contribution is 2.43. The number of methoxy groups -OCH3 is 1. The van der Waals surface area contributed by atoms with Crippen LogP contribution in [0.3, 0.4) is 0 Å². The summed E-state index contributed by atoms with van der Waals surface area (Å²) < 4.78 is 16.9. The zero-order valence-corrected chi connectivity index (χ0v) is 20.5. The van der Waals surface area contributed by atoms with Crippen molar-refractivity contribution in [2.24, 2.45) is 0 Å². The molecule has 0 saturated carbocycles. The number of Topliss-reactive ketones (excluding diaryl/α,β-unsaturated/α-hetero) is 1. The molecule has 0 radical (unpaired) electrons. The Bertz CT molecular complexity index is 1460. The largest absolute Gasteiger partial charge is 0.493 e. The maximum absolute atomic E-state index is 13.1. The fourth-order valence-corrected chi connectivity index (χ4v) is 5.01. The lowest BCUT2D eigenvalue weighted by molar-refractivity contribution is -0.0726. The number of nitrogens with zero attached hydrogens (tertiary/aromatic N) is 2. The molecule has 9 heteroatoms. The molecule has 1 aromatic carbocycles. The number of aromatic nitrogens is 3. The number of hydrogen-bond donors (Lipinski definition) is 2. The van der Waals surface area contributed by atoms with E-state index in [1.807, 2.05) is 30.3 Å². The van der Waals surface area contributed by atoms with Crippen LogP contribution >= 0.6 is 11.6 Å². The summed E-state index contributed by atoms with van der Waals surface area (Å²) >= 11 is 6.38. The van der Waals surface area contributed by atoms with E-state index in [1.54, 1.807) is 19.4 Å². The molecule has 0 bridgehead atoms. The number of carbonyl (C=O) groups excluding carboxylic acids is 1. The quantitative estimate of drug-likeness (QED) is 0.332. The van der Waals surface area contributed by atoms with Gasteiger partial charge in [-0.2, -0.15) is 0 Å². The van der Waals surface area contributed by atoms with E-state index >= 15 is 0 Å². The Hall–Kier alpha value is -3.62. The summed E-state index contributed by atoms with van der Waals surface area (Å²) in [6.45, 7) is 1.23. The second-order valence-corrected chi connectivity index (χ2v) is 9.33. The minimum Gasteiger partial charge on any atom is -0.493 e. The van der Waals surface area contributed by atoms with Gasteiger partial charge >= 0.3 is 0 Å². The second-order valence-electron chi connectivity index (χ2n) is 8.92. The van der Waals surface area contributed by atoms with Crippen molar-refractivity contribution < 1.29 is 19.0 Å². The third kappa shape index (κ3) is 4.06. The van der Waals surface area contributed by atoms with Gasteiger partial charge in [-0.05, 0) is 37.1 Å². The van der Waals surface area contributed by atoms with Gasteiger partial charge in [0.05, 0.1) is 46.4 Å². The summed E-state index contributed by atoms with van der Waals surface area (Å²) in [6.07, 6.45) is 4.94. The molecular formula is C27H25ClN4O4. The number of H-pyrrole nitrogens is 1. The first kappa shape index (κ1) is 22.8. The molecule has 1 aliphatic heterocycles. The average Bonchev–Trinajstić information content (AvgIpc) is 3.22. The Morgan fingerprint density at radius 3 is 2.92 bits per heavy atom. The van der Waals surface area contributed by atoms with Gasteiger partial charge in [-0.15, -0.1) is 0 Å². The second kappa shape index (κ2) is 9.44. The van der Waals surface area contributed by atoms with Crippen LogP contribution in [0.15, 0.2) is 42.6 Å². The zero-order chi connectivity index (χ0) is 24.6. The topological polar surface area (TPSA) is 98.4 Å². The molecule has 184 valence electrons. The van der Waals surface area contributed by atoms with E-state index < -0.39 is 0 Å². The minimum atomic E-state index is 0.0955. The van der Waals surface area contributed by atoms with Crippen molar-refractivity contribution in [2.75, 3.05) is 25.6 Å². The van der Waals surface area contributed by atoms with Crippen molar-refractivity contribution in [3.63, 3.8) is 0 Å². The Balaban J connectivity index is 1.48. The molecule has 3 aromatic heterocycles. The average molecular weight is 505 g/mol. The van der Waals surface area contributed by atoms with Gasteiger partial charge in [0.1, 0.15) is 12.1 Å². The Kier molecular flexibility index (Phi) is 5.99. The first-order valence-electron chi connectivity index (χ1n) is 12.0. The summed E-state index contributed by atoms with van der Waals surface area (Å²) in [4.78, 5) is 25.9. The molecule has 4 aromatic rings. The van der Waals surface area contributed by atoms with Crippen LogP contribution in [0.25, 0.3) is 22.3 Å². The molecule has 36 heavy (non-hydrogen) atoms. The smallest absolute Gasteiger partial charge is 0.214 e. The van der Waals surface area contributed by atoms with Crippen molar-refractivity contribution in [2.45, 2.75) is 31.8 Å². The normalized spacial score (nSPS) is 16.9. The monoisotopic (exact) mass is 504 g/mol. The molecule has 0 amide bonds. The van der Waals surface area contributed by atoms with Crippen LogP contribution in [0, 0.1) is 0 Å². The lowest BCUT2D eigenvalue weighted by Gasteiger charge is -2.25. The molecule has 1 aliphatic carbocycles. The molecule has 0 spiro atoms. The highest BCUT2D eigenvalue weighted by Gasteiger charge is 2.28. The van der Waals surface area contributed by atoms with E-state index in [2.05, 4.69) is 15.3 Å². The first-order chi connectivity index (χ1) is 17.6. The van der Waals surface area contributed by atoms with Crippen molar-refractivity contribution in [3.8, 4) is 22.9 Å². The number of rotatable bonds is 7. The van der Waals surface area contributed by atoms with Gasteiger partial charge in [0.25, 0.3) is 0 Å². The molecular weight excluding hydrogens is 480 g/mol. The van der Waals surface area contributed by atoms with E-state index in [4.69, 9.17) is 30.8 Å². The van der Waals surface area contributed by atoms with E-state index in [-0.39, 0.29) is 11.9 Å². The van der Waals surface area contributed by atoms with E-state index in [9.17, 15) is 4.79 Å². The van der Waals surface area contributed by atoms with Crippen LogP contribution in [0.2, 0.25) is 5.02 Å². The number of benzene rings is 1. The highest BCUT2D eigenvalue weighted by molar-refractivity contribution is 6.32. The van der Waals surface area contributed by atoms with Crippen LogP contribution < -0.4 is 14.8 Å². The maximum Gasteiger partial charge on any atom is 0.214 e. The third-order valence-corrected chi connectivity index (χ3v) is 6.95. The number of fused-ring (bicyclic) bond motifs is 2. The van der Waals surface area contributed by atoms with Gasteiger partial charge in [0.2, 0.25) is 5.88 Å². The standard InChI is InChI=1S/C27H25ClN4O4/c1-34-27-17(28)4-2-6-20(27)31-26-23-18(5-3-7-21(23)33)30-25(26)16-10-12-29-19-8-9-22(32-24(16)19)36-14-15-11-13-35-15/h2,4,6,8-10,12,15,30-31H,3,5,7,11,13-14H2,1H3/t15-/m0/s1. The summed E-state index contributed by atoms with van der Waals surface area (Å²) in [5.74, 6) is 1.11. The number of para-hydroxylation sites is 1. The zero-order valence-electron chi connectivity index (χ0n) is 19.8. The van der Waals surface area contributed by atoms with Crippen molar-refractivity contribution >= 4 is 39.8 Å². The van der Waals surface area contributed by atoms with Gasteiger partial charge < -0.3 is 24.5 Å². The number of anilines is 2. The number of carbonyl (C=O) groups is 1. The fourth-order valence-electron chi connectivity index (χ4n) is 4.76. The maximum atomic E-state index is 13.1. The summed E-state index contributed by atoms with van der Waals surface area (Å²) in [5.41, 5.74) is 5.90. The van der Waals surface area contributed by atoms with Crippen molar-refractivity contribution in [3.05, 3.63) is 58.9 Å². The van der Waals surface area contributed by atoms with Crippen LogP contribution in [0.5, 0.6) is 11.6 Å². The number of pyridine rings is 2. The number of nitrogens with one attached hydrogen (secondary N) is 2. The Labute approximate surface area is 213 Å². The van der Waals surface area contributed by atoms with Crippen LogP contribution in [-0.4, -0.2) is 47.2 Å². The molecule has 2 aliphatic rings. The number of ketones is 1. The number of hydrogen-bond acceptors (Lipinski definition) is 7. The van der Waals surface area contributed by atoms with Gasteiger partial charge in [-0.25, -0.2) is 4.98 Å². The molecule has 4 heterocycles. The number of aryl methyl sites for hydroxylation is 1. The Morgan fingerprint density at radius 2 is 2.11 bits per heavy atom. The van der Waals surface area contributed by atoms with Gasteiger partial charge in [0.15, 0.2) is 11.5 Å². The van der Waals surface area contributed by atoms with Gasteiger partial charge in [-0.1, -0.05) is 17.7 Å². The van der Waals surface area contributed by atoms with Crippen LogP contribution in [0.4, 0.5) is 11.4 Å². The van der Waals surface area contributed by atoms with E-state index in [1.165, 1.54) is 0 Å². The number of aromatic amines is 1. The molecule has 0 unspecified atom stereocenters. The highest BCUT2D eigenvalue weighted by atomic mass is 35.5. The summed E-state index contributed by atoms with van der Waals surface area (Å²) in [7, 11) is 1.57. The van der Waals surface area contributed by atoms with Crippen molar-refractivity contribution in [1.29, 1.82) is 0 Å². The fraction of sp³-hybridized carbons (Fsp3) is 0.296. The van der Waals surface area contributed by atoms with E-state index in [0.717, 1.165) is 48.3 Å². The predicted molar refractivity (Wildman–Crippen MR) is 138 cm³/mol. The molecule has 2 N–H and O–H groups in total. The lowest BCUT2D eigenvalue weighted by Crippen LogP contribution is -2.32. The molecule has 1 atom stereocenters. The van der Waals surface area contributed by atoms with Gasteiger partial charge in [0, 0.05) is 43.0 Å². The van der Waals surface area contributed by atoms with Crippen molar-refractivity contribution in [1.82, 2.24) is 15.0 Å². The SMILES string of the molecule is COc1c(Cl)cccc1Nc1c(-c2ccnc3ccc(OC[C@@H]4CCO4)nc23)[nH]c2c1C(=O)CCC2. The summed E-state index contributed by atoms with van der Waals surface area (Å²) in [5, 5.41) is 3.93. The number of halogens is 1. The predicted octanol–water partition coefficient (Wildman–Crippen LogP) is 5.72. The lowest BCUT2D eigenvalue weighted by atomic mass is 9.94. The molecule has 8 nitrogen and oxygen atoms in total. The van der Waals surface area contributed by atoms with Crippen LogP contribution in [0.1, 0.15) is 35.3 Å². The first-order valence-corrected chi connectivity index (χ1v) is 12.4. The Morgan fingerprint density at radius 1 is 1.22 bits per heavy atom. The summed E-state index contributed by atoms with van der Waals surface area (Å²) in [6, 6.07) is 11.1. The molecule has 1 fully saturated rings. The molecule has 6 rings (SSSR count). The number of ether oxygens (including phenoxy) is 3. The van der Waals surface area contributed by atoms with Crippen LogP contribution in [-0.2, 0) is 11.2 Å². The van der Waals surface area contributed by atoms with E-state index in [0.29, 0.717) is 52.1 Å². The minimum absolute atomic E-state index is 0.0955. The third-order valence-electron chi connectivity index (χ3n) is 6.66.